The third kappa shape index (κ3) is 3.30. The van der Waals surface area contributed by atoms with E-state index in [1.807, 2.05) is 13.1 Å². The number of nitrogens with one attached hydrogen (secondary N) is 1. The molecule has 1 aromatic carbocycles. The van der Waals surface area contributed by atoms with Gasteiger partial charge in [-0.1, -0.05) is 35.9 Å². The number of halogens is 1. The Labute approximate surface area is 148 Å². The van der Waals surface area contributed by atoms with Crippen molar-refractivity contribution in [3.8, 4) is 0 Å². The summed E-state index contributed by atoms with van der Waals surface area (Å²) in [5.74, 6) is 0.402. The average Bonchev–Trinajstić information content (AvgIpc) is 2.91. The summed E-state index contributed by atoms with van der Waals surface area (Å²) < 4.78 is 8.25. The Morgan fingerprint density at radius 2 is 2.21 bits per heavy atom. The van der Waals surface area contributed by atoms with Crippen molar-refractivity contribution in [3.63, 3.8) is 0 Å². The number of nitrogens with zero attached hydrogens (tertiary/aromatic N) is 1. The van der Waals surface area contributed by atoms with Gasteiger partial charge < -0.3 is 14.6 Å². The maximum absolute atomic E-state index is 6.20. The zero-order valence-electron chi connectivity index (χ0n) is 14.5. The van der Waals surface area contributed by atoms with Crippen molar-refractivity contribution < 1.29 is 4.74 Å². The molecule has 24 heavy (non-hydrogen) atoms. The second kappa shape index (κ2) is 7.56. The predicted molar refractivity (Wildman–Crippen MR) is 102 cm³/mol. The monoisotopic (exact) mass is 344 g/mol. The van der Waals surface area contributed by atoms with Crippen LogP contribution in [-0.2, 0) is 4.74 Å². The first-order valence-corrected chi connectivity index (χ1v) is 8.81. The summed E-state index contributed by atoms with van der Waals surface area (Å²) in [6.07, 6.45) is 12.1. The van der Waals surface area contributed by atoms with Crippen LogP contribution in [0.3, 0.4) is 0 Å². The van der Waals surface area contributed by atoms with E-state index in [0.717, 1.165) is 18.0 Å². The maximum atomic E-state index is 6.20. The van der Waals surface area contributed by atoms with Crippen LogP contribution in [-0.4, -0.2) is 31.4 Å². The van der Waals surface area contributed by atoms with Gasteiger partial charge in [-0.05, 0) is 44.2 Å². The molecule has 1 aliphatic rings. The van der Waals surface area contributed by atoms with Crippen LogP contribution in [0.5, 0.6) is 0 Å². The minimum atomic E-state index is 0.0850. The summed E-state index contributed by atoms with van der Waals surface area (Å²) in [6.45, 7) is 2.95. The van der Waals surface area contributed by atoms with Crippen LogP contribution in [0.1, 0.15) is 18.0 Å². The van der Waals surface area contributed by atoms with Gasteiger partial charge in [-0.25, -0.2) is 0 Å². The predicted octanol–water partition coefficient (Wildman–Crippen LogP) is 4.51. The molecule has 128 valence electrons. The summed E-state index contributed by atoms with van der Waals surface area (Å²) in [6, 6.07) is 6.36. The Balaban J connectivity index is 2.11. The number of hydrogen-bond acceptors (Lipinski definition) is 2. The number of allylic oxidation sites excluding steroid dienone is 4. The van der Waals surface area contributed by atoms with Crippen molar-refractivity contribution in [3.05, 3.63) is 59.3 Å². The number of aromatic nitrogens is 1. The van der Waals surface area contributed by atoms with Crippen molar-refractivity contribution in [2.45, 2.75) is 25.5 Å². The number of rotatable bonds is 6. The first-order chi connectivity index (χ1) is 11.7. The van der Waals surface area contributed by atoms with Crippen LogP contribution in [0.15, 0.2) is 48.7 Å². The topological polar surface area (TPSA) is 26.2 Å². The molecule has 2 aromatic rings. The number of hydrogen-bond donors (Lipinski definition) is 1. The van der Waals surface area contributed by atoms with Gasteiger partial charge in [0.1, 0.15) is 0 Å². The van der Waals surface area contributed by atoms with Crippen LogP contribution < -0.4 is 5.32 Å². The molecule has 0 radical (unpaired) electrons. The lowest BCUT2D eigenvalue weighted by molar-refractivity contribution is 0.0439. The van der Waals surface area contributed by atoms with E-state index in [9.17, 15) is 0 Å². The quantitative estimate of drug-likeness (QED) is 0.834. The Morgan fingerprint density at radius 3 is 2.88 bits per heavy atom. The van der Waals surface area contributed by atoms with E-state index in [4.69, 9.17) is 16.3 Å². The first kappa shape index (κ1) is 17.3. The minimum absolute atomic E-state index is 0.0850. The molecule has 3 nitrogen and oxygen atoms in total. The lowest BCUT2D eigenvalue weighted by Gasteiger charge is -2.34. The molecule has 1 unspecified atom stereocenters. The highest BCUT2D eigenvalue weighted by atomic mass is 35.5. The minimum Gasteiger partial charge on any atom is -0.378 e. The number of ether oxygens (including phenoxy) is 1. The van der Waals surface area contributed by atoms with E-state index in [0.29, 0.717) is 5.92 Å². The molecule has 3 rings (SSSR count). The highest BCUT2D eigenvalue weighted by Crippen LogP contribution is 2.35. The van der Waals surface area contributed by atoms with Gasteiger partial charge in [0.15, 0.2) is 0 Å². The molecule has 0 saturated heterocycles. The molecule has 0 aliphatic heterocycles. The van der Waals surface area contributed by atoms with Crippen LogP contribution in [0, 0.1) is 12.8 Å². The third-order valence-corrected chi connectivity index (χ3v) is 5.09. The van der Waals surface area contributed by atoms with Crippen molar-refractivity contribution in [1.82, 2.24) is 9.88 Å². The number of benzene rings is 1. The molecule has 0 spiro atoms. The Bertz CT molecular complexity index is 762. The summed E-state index contributed by atoms with van der Waals surface area (Å²) in [5, 5.41) is 5.26. The second-order valence-corrected chi connectivity index (χ2v) is 6.85. The zero-order chi connectivity index (χ0) is 17.1. The molecule has 1 aliphatic carbocycles. The van der Waals surface area contributed by atoms with E-state index in [1.54, 1.807) is 7.11 Å². The fourth-order valence-electron chi connectivity index (χ4n) is 3.70. The smallest absolute Gasteiger partial charge is 0.0908 e. The Morgan fingerprint density at radius 1 is 1.38 bits per heavy atom. The normalized spacial score (nSPS) is 19.8. The second-order valence-electron chi connectivity index (χ2n) is 6.42. The molecule has 0 saturated carbocycles. The Hall–Kier alpha value is -1.55. The van der Waals surface area contributed by atoms with Gasteiger partial charge in [-0.2, -0.15) is 0 Å². The van der Waals surface area contributed by atoms with Gasteiger partial charge in [0.25, 0.3) is 0 Å². The number of likely N-dealkylation sites (N-methyl/N-ethyl adjacent to an activating group) is 1. The highest BCUT2D eigenvalue weighted by Gasteiger charge is 2.30. The van der Waals surface area contributed by atoms with E-state index in [1.165, 1.54) is 16.5 Å². The van der Waals surface area contributed by atoms with Crippen LogP contribution in [0.25, 0.3) is 10.9 Å². The lowest BCUT2D eigenvalue weighted by Crippen LogP contribution is -2.38. The first-order valence-electron chi connectivity index (χ1n) is 8.43. The zero-order valence-corrected chi connectivity index (χ0v) is 15.3. The van der Waals surface area contributed by atoms with Gasteiger partial charge in [-0.3, -0.25) is 0 Å². The average molecular weight is 345 g/mol. The fourth-order valence-corrected chi connectivity index (χ4v) is 3.87. The molecule has 0 amide bonds. The van der Waals surface area contributed by atoms with E-state index < -0.39 is 0 Å². The van der Waals surface area contributed by atoms with Gasteiger partial charge in [0, 0.05) is 41.7 Å². The number of aryl methyl sites for hydroxylation is 1. The van der Waals surface area contributed by atoms with Gasteiger partial charge >= 0.3 is 0 Å². The number of methoxy groups -OCH3 is 1. The van der Waals surface area contributed by atoms with Gasteiger partial charge in [0.2, 0.25) is 0 Å². The molecule has 1 aromatic heterocycles. The van der Waals surface area contributed by atoms with Crippen molar-refractivity contribution in [1.29, 1.82) is 0 Å². The maximum Gasteiger partial charge on any atom is 0.0908 e. The Kier molecular flexibility index (Phi) is 5.44. The molecular weight excluding hydrogens is 320 g/mol. The van der Waals surface area contributed by atoms with Crippen molar-refractivity contribution >= 4 is 22.5 Å². The highest BCUT2D eigenvalue weighted by molar-refractivity contribution is 6.31. The summed E-state index contributed by atoms with van der Waals surface area (Å²) >= 11 is 6.20. The van der Waals surface area contributed by atoms with Crippen LogP contribution in [0.4, 0.5) is 0 Å². The fraction of sp³-hybridized carbons (Fsp3) is 0.400. The van der Waals surface area contributed by atoms with E-state index >= 15 is 0 Å². The van der Waals surface area contributed by atoms with Crippen LogP contribution in [0.2, 0.25) is 5.02 Å². The summed E-state index contributed by atoms with van der Waals surface area (Å²) in [4.78, 5) is 0. The standard InChI is InChI=1S/C20H25ClN2O/c1-14-13-23(18-10-9-16(21)11-17(14)18)20(19(24-3)12-22-2)15-7-5-4-6-8-15/h4-7,9-11,13,15,19-20,22H,8,12H2,1-3H3/t15?,19-,20+/m1/s1. The SMILES string of the molecule is CNC[C@@H](OC)[C@H](C1C=CC=CC1)n1cc(C)c2cc(Cl)ccc21. The molecule has 0 fully saturated rings. The largest absolute Gasteiger partial charge is 0.378 e. The lowest BCUT2D eigenvalue weighted by atomic mass is 9.88. The van der Waals surface area contributed by atoms with Crippen molar-refractivity contribution in [2.75, 3.05) is 20.7 Å². The molecule has 1 heterocycles. The van der Waals surface area contributed by atoms with Crippen molar-refractivity contribution in [2.24, 2.45) is 5.92 Å². The molecule has 4 heteroatoms. The molecule has 0 bridgehead atoms. The van der Waals surface area contributed by atoms with Gasteiger partial charge in [-0.15, -0.1) is 0 Å². The number of fused-ring (bicyclic) bond motifs is 1. The van der Waals surface area contributed by atoms with E-state index in [2.05, 4.69) is 59.4 Å². The van der Waals surface area contributed by atoms with Gasteiger partial charge in [0.05, 0.1) is 12.1 Å². The third-order valence-electron chi connectivity index (χ3n) is 4.86. The molecule has 1 N–H and O–H groups in total. The summed E-state index contributed by atoms with van der Waals surface area (Å²) in [5.41, 5.74) is 2.45. The molecule has 3 atom stereocenters. The molecular formula is C20H25ClN2O. The summed E-state index contributed by atoms with van der Waals surface area (Å²) in [7, 11) is 3.77. The van der Waals surface area contributed by atoms with Crippen LogP contribution >= 0.6 is 11.6 Å². The van der Waals surface area contributed by atoms with E-state index in [-0.39, 0.29) is 12.1 Å².